The first-order chi connectivity index (χ1) is 6.36. The summed E-state index contributed by atoms with van der Waals surface area (Å²) in [4.78, 5) is 14.3. The van der Waals surface area contributed by atoms with Gasteiger partial charge in [-0.05, 0) is 12.2 Å². The van der Waals surface area contributed by atoms with E-state index >= 15 is 0 Å². The van der Waals surface area contributed by atoms with Gasteiger partial charge in [0.1, 0.15) is 5.52 Å². The van der Waals surface area contributed by atoms with E-state index in [1.165, 1.54) is 0 Å². The van der Waals surface area contributed by atoms with E-state index in [0.29, 0.717) is 4.77 Å². The highest BCUT2D eigenvalue weighted by Crippen LogP contribution is 2.12. The van der Waals surface area contributed by atoms with Crippen molar-refractivity contribution in [2.45, 2.75) is 0 Å². The molecule has 0 saturated carbocycles. The highest BCUT2D eigenvalue weighted by molar-refractivity contribution is 7.71. The summed E-state index contributed by atoms with van der Waals surface area (Å²) in [6.07, 6.45) is 5.14. The van der Waals surface area contributed by atoms with E-state index < -0.39 is 0 Å². The molecular formula is C7H5N5S. The minimum atomic E-state index is 0.604. The second-order valence-corrected chi connectivity index (χ2v) is 3.06. The van der Waals surface area contributed by atoms with Crippen molar-refractivity contribution in [3.05, 3.63) is 23.5 Å². The number of imidazole rings is 2. The first kappa shape index (κ1) is 6.79. The second-order valence-electron chi connectivity index (χ2n) is 2.68. The maximum Gasteiger partial charge on any atom is 0.184 e. The van der Waals surface area contributed by atoms with E-state index in [1.807, 2.05) is 6.20 Å². The van der Waals surface area contributed by atoms with Crippen molar-refractivity contribution in [2.24, 2.45) is 0 Å². The highest BCUT2D eigenvalue weighted by Gasteiger charge is 2.04. The molecule has 0 fully saturated rings. The lowest BCUT2D eigenvalue weighted by molar-refractivity contribution is 1.08. The fourth-order valence-corrected chi connectivity index (χ4v) is 1.62. The van der Waals surface area contributed by atoms with Gasteiger partial charge in [-0.25, -0.2) is 9.97 Å². The molecule has 0 unspecified atom stereocenters. The number of nitrogens with zero attached hydrogens (tertiary/aromatic N) is 3. The maximum absolute atomic E-state index is 5.11. The van der Waals surface area contributed by atoms with Crippen LogP contribution in [0.3, 0.4) is 0 Å². The minimum Gasteiger partial charge on any atom is -0.340 e. The lowest BCUT2D eigenvalue weighted by Crippen LogP contribution is -1.90. The maximum atomic E-state index is 5.11. The van der Waals surface area contributed by atoms with Crippen LogP contribution in [0.25, 0.3) is 16.8 Å². The van der Waals surface area contributed by atoms with Crippen molar-refractivity contribution in [3.8, 4) is 0 Å². The lowest BCUT2D eigenvalue weighted by Gasteiger charge is -1.94. The summed E-state index contributed by atoms with van der Waals surface area (Å²) in [5.74, 6) is 0. The molecule has 0 spiro atoms. The number of hydrogen-bond donors (Lipinski definition) is 2. The fraction of sp³-hybridized carbons (Fsp3) is 0. The van der Waals surface area contributed by atoms with Crippen molar-refractivity contribution >= 4 is 29.0 Å². The van der Waals surface area contributed by atoms with Crippen LogP contribution in [0.2, 0.25) is 0 Å². The van der Waals surface area contributed by atoms with Crippen molar-refractivity contribution in [1.29, 1.82) is 0 Å². The van der Waals surface area contributed by atoms with Crippen LogP contribution in [0, 0.1) is 4.77 Å². The van der Waals surface area contributed by atoms with E-state index in [0.717, 1.165) is 16.8 Å². The predicted octanol–water partition coefficient (Wildman–Crippen LogP) is 1.27. The normalized spacial score (nSPS) is 11.4. The molecule has 13 heavy (non-hydrogen) atoms. The molecule has 0 aliphatic rings. The number of hydrogen-bond acceptors (Lipinski definition) is 3. The molecular weight excluding hydrogens is 186 g/mol. The minimum absolute atomic E-state index is 0.604. The third kappa shape index (κ3) is 0.775. The van der Waals surface area contributed by atoms with Crippen LogP contribution >= 0.6 is 12.2 Å². The fourth-order valence-electron chi connectivity index (χ4n) is 1.37. The zero-order valence-corrected chi connectivity index (χ0v) is 7.30. The van der Waals surface area contributed by atoms with Crippen molar-refractivity contribution in [1.82, 2.24) is 24.3 Å². The predicted molar refractivity (Wildman–Crippen MR) is 50.0 cm³/mol. The van der Waals surface area contributed by atoms with Crippen LogP contribution in [0.1, 0.15) is 0 Å². The number of nitrogens with one attached hydrogen (secondary N) is 2. The SMILES string of the molecule is S=c1[nH]c2nc[nH]c2c2nccn12. The Morgan fingerprint density at radius 2 is 2.31 bits per heavy atom. The Morgan fingerprint density at radius 1 is 1.38 bits per heavy atom. The van der Waals surface area contributed by atoms with Crippen LogP contribution in [0.5, 0.6) is 0 Å². The van der Waals surface area contributed by atoms with E-state index in [4.69, 9.17) is 12.2 Å². The molecule has 5 nitrogen and oxygen atoms in total. The van der Waals surface area contributed by atoms with Gasteiger partial charge in [-0.15, -0.1) is 0 Å². The third-order valence-corrected chi connectivity index (χ3v) is 2.25. The molecule has 0 atom stereocenters. The monoisotopic (exact) mass is 191 g/mol. The number of fused-ring (bicyclic) bond motifs is 3. The molecule has 3 heterocycles. The van der Waals surface area contributed by atoms with E-state index in [2.05, 4.69) is 19.9 Å². The summed E-state index contributed by atoms with van der Waals surface area (Å²) >= 11 is 5.11. The molecule has 0 aliphatic carbocycles. The van der Waals surface area contributed by atoms with Crippen LogP contribution in [0.15, 0.2) is 18.7 Å². The van der Waals surface area contributed by atoms with Crippen LogP contribution in [0.4, 0.5) is 0 Å². The van der Waals surface area contributed by atoms with Gasteiger partial charge in [0.2, 0.25) is 0 Å². The van der Waals surface area contributed by atoms with Crippen molar-refractivity contribution in [3.63, 3.8) is 0 Å². The quantitative estimate of drug-likeness (QED) is 0.526. The summed E-state index contributed by atoms with van der Waals surface area (Å²) in [6.45, 7) is 0. The summed E-state index contributed by atoms with van der Waals surface area (Å²) in [7, 11) is 0. The molecule has 0 radical (unpaired) electrons. The largest absolute Gasteiger partial charge is 0.340 e. The number of rotatable bonds is 0. The molecule has 64 valence electrons. The molecule has 3 aromatic heterocycles. The molecule has 0 amide bonds. The zero-order valence-electron chi connectivity index (χ0n) is 6.48. The number of aromatic amines is 2. The molecule has 6 heteroatoms. The van der Waals surface area contributed by atoms with E-state index in [9.17, 15) is 0 Å². The second kappa shape index (κ2) is 2.17. The topological polar surface area (TPSA) is 61.8 Å². The molecule has 0 aromatic carbocycles. The molecule has 3 rings (SSSR count). The zero-order chi connectivity index (χ0) is 8.84. The first-order valence-corrected chi connectivity index (χ1v) is 4.15. The molecule has 0 aliphatic heterocycles. The summed E-state index contributed by atoms with van der Waals surface area (Å²) < 4.78 is 2.41. The lowest BCUT2D eigenvalue weighted by atomic mass is 10.5. The van der Waals surface area contributed by atoms with Crippen LogP contribution in [-0.4, -0.2) is 24.3 Å². The average Bonchev–Trinajstić information content (AvgIpc) is 2.66. The number of H-pyrrole nitrogens is 2. The van der Waals surface area contributed by atoms with Gasteiger partial charge in [0.05, 0.1) is 6.33 Å². The van der Waals surface area contributed by atoms with Crippen molar-refractivity contribution in [2.75, 3.05) is 0 Å². The third-order valence-electron chi connectivity index (χ3n) is 1.95. The van der Waals surface area contributed by atoms with Gasteiger partial charge in [-0.3, -0.25) is 4.40 Å². The Kier molecular flexibility index (Phi) is 1.13. The van der Waals surface area contributed by atoms with Gasteiger partial charge in [-0.1, -0.05) is 0 Å². The summed E-state index contributed by atoms with van der Waals surface area (Å²) in [6, 6.07) is 0. The van der Waals surface area contributed by atoms with Crippen LogP contribution < -0.4 is 0 Å². The summed E-state index contributed by atoms with van der Waals surface area (Å²) in [5.41, 5.74) is 2.42. The van der Waals surface area contributed by atoms with Crippen molar-refractivity contribution < 1.29 is 0 Å². The van der Waals surface area contributed by atoms with Gasteiger partial charge in [0.15, 0.2) is 16.1 Å². The highest BCUT2D eigenvalue weighted by atomic mass is 32.1. The Balaban J connectivity index is 2.79. The Bertz CT molecular complexity index is 631. The molecule has 2 N–H and O–H groups in total. The molecule has 3 aromatic rings. The van der Waals surface area contributed by atoms with E-state index in [-0.39, 0.29) is 0 Å². The van der Waals surface area contributed by atoms with Gasteiger partial charge >= 0.3 is 0 Å². The van der Waals surface area contributed by atoms with Crippen LogP contribution in [-0.2, 0) is 0 Å². The van der Waals surface area contributed by atoms with Gasteiger partial charge in [-0.2, -0.15) is 0 Å². The van der Waals surface area contributed by atoms with Gasteiger partial charge < -0.3 is 9.97 Å². The standard InChI is InChI=1S/C7H5N5S/c13-7-11-5-4(9-3-10-5)6-8-1-2-12(6)7/h1-3H,(H,9,10)(H,11,13). The van der Waals surface area contributed by atoms with E-state index in [1.54, 1.807) is 16.9 Å². The average molecular weight is 191 g/mol. The Hall–Kier alpha value is -1.69. The summed E-state index contributed by atoms with van der Waals surface area (Å²) in [5, 5.41) is 0. The van der Waals surface area contributed by atoms with Gasteiger partial charge in [0, 0.05) is 12.4 Å². The van der Waals surface area contributed by atoms with Gasteiger partial charge in [0.25, 0.3) is 0 Å². The Morgan fingerprint density at radius 3 is 3.23 bits per heavy atom. The smallest absolute Gasteiger partial charge is 0.184 e. The molecule has 0 bridgehead atoms. The first-order valence-electron chi connectivity index (χ1n) is 3.75. The molecule has 0 saturated heterocycles. The number of aromatic nitrogens is 5. The Labute approximate surface area is 77.5 Å².